The first-order valence-electron chi connectivity index (χ1n) is 5.28. The van der Waals surface area contributed by atoms with Gasteiger partial charge in [-0.05, 0) is 12.1 Å². The highest BCUT2D eigenvalue weighted by Gasteiger charge is 2.23. The zero-order valence-corrected chi connectivity index (χ0v) is 9.91. The maximum absolute atomic E-state index is 11.6. The number of rotatable bonds is 3. The Morgan fingerprint density at radius 3 is 2.19 bits per heavy atom. The van der Waals surface area contributed by atoms with Gasteiger partial charge >= 0.3 is 0 Å². The number of hydrogen-bond donors (Lipinski definition) is 1. The zero-order valence-electron chi connectivity index (χ0n) is 9.91. The summed E-state index contributed by atoms with van der Waals surface area (Å²) in [7, 11) is 0. The van der Waals surface area contributed by atoms with Crippen molar-refractivity contribution >= 4 is 17.4 Å². The minimum atomic E-state index is -0.464. The molecule has 0 spiro atoms. The predicted molar refractivity (Wildman–Crippen MR) is 64.2 cm³/mol. The Balaban J connectivity index is 2.52. The highest BCUT2D eigenvalue weighted by atomic mass is 16.2. The van der Waals surface area contributed by atoms with Crippen molar-refractivity contribution in [3.05, 3.63) is 30.3 Å². The highest BCUT2D eigenvalue weighted by molar-refractivity contribution is 6.05. The van der Waals surface area contributed by atoms with Crippen LogP contribution in [0.4, 0.5) is 5.69 Å². The van der Waals surface area contributed by atoms with E-state index in [1.165, 1.54) is 0 Å². The van der Waals surface area contributed by atoms with Crippen LogP contribution in [0.3, 0.4) is 0 Å². The van der Waals surface area contributed by atoms with Gasteiger partial charge in [-0.15, -0.1) is 0 Å². The molecule has 1 N–H and O–H groups in total. The normalized spacial score (nSPS) is 10.9. The maximum atomic E-state index is 11.6. The SMILES string of the molecule is CC(C)(C)C(=O)CC(=O)Nc1ccccc1. The molecule has 0 fully saturated rings. The van der Waals surface area contributed by atoms with Crippen molar-refractivity contribution in [2.45, 2.75) is 27.2 Å². The molecule has 1 rings (SSSR count). The third kappa shape index (κ3) is 3.85. The predicted octanol–water partition coefficient (Wildman–Crippen LogP) is 2.63. The molecule has 16 heavy (non-hydrogen) atoms. The lowest BCUT2D eigenvalue weighted by molar-refractivity contribution is -0.130. The number of carbonyl (C=O) groups is 2. The van der Waals surface area contributed by atoms with Gasteiger partial charge in [0.25, 0.3) is 0 Å². The van der Waals surface area contributed by atoms with Gasteiger partial charge in [0.1, 0.15) is 5.78 Å². The van der Waals surface area contributed by atoms with E-state index in [0.29, 0.717) is 5.69 Å². The van der Waals surface area contributed by atoms with E-state index in [4.69, 9.17) is 0 Å². The van der Waals surface area contributed by atoms with Crippen molar-refractivity contribution in [1.29, 1.82) is 0 Å². The van der Waals surface area contributed by atoms with E-state index in [2.05, 4.69) is 5.32 Å². The molecule has 1 aromatic rings. The van der Waals surface area contributed by atoms with Crippen LogP contribution in [0, 0.1) is 5.41 Å². The van der Waals surface area contributed by atoms with Crippen LogP contribution in [0.2, 0.25) is 0 Å². The Bertz CT molecular complexity index is 377. The number of hydrogen-bond acceptors (Lipinski definition) is 2. The van der Waals surface area contributed by atoms with Gasteiger partial charge in [-0.2, -0.15) is 0 Å². The first kappa shape index (κ1) is 12.4. The van der Waals surface area contributed by atoms with Crippen LogP contribution in [0.1, 0.15) is 27.2 Å². The summed E-state index contributed by atoms with van der Waals surface area (Å²) in [6.07, 6.45) is -0.0710. The number of nitrogens with one attached hydrogen (secondary N) is 1. The van der Waals surface area contributed by atoms with Crippen LogP contribution in [0.5, 0.6) is 0 Å². The van der Waals surface area contributed by atoms with Crippen LogP contribution in [0.25, 0.3) is 0 Å². The lowest BCUT2D eigenvalue weighted by atomic mass is 9.89. The molecule has 3 nitrogen and oxygen atoms in total. The minimum absolute atomic E-state index is 0.0547. The van der Waals surface area contributed by atoms with Gasteiger partial charge in [0, 0.05) is 11.1 Å². The van der Waals surface area contributed by atoms with Gasteiger partial charge in [0.2, 0.25) is 5.91 Å². The maximum Gasteiger partial charge on any atom is 0.231 e. The summed E-state index contributed by atoms with van der Waals surface area (Å²) < 4.78 is 0. The second-order valence-electron chi connectivity index (χ2n) is 4.76. The molecular formula is C13H17NO2. The summed E-state index contributed by atoms with van der Waals surface area (Å²) in [6, 6.07) is 9.12. The summed E-state index contributed by atoms with van der Waals surface area (Å²) in [5, 5.41) is 2.69. The number of anilines is 1. The molecule has 0 aromatic heterocycles. The Morgan fingerprint density at radius 1 is 1.12 bits per heavy atom. The molecular weight excluding hydrogens is 202 g/mol. The van der Waals surface area contributed by atoms with Crippen LogP contribution < -0.4 is 5.32 Å². The van der Waals surface area contributed by atoms with E-state index in [1.807, 2.05) is 39.0 Å². The van der Waals surface area contributed by atoms with Crippen molar-refractivity contribution in [1.82, 2.24) is 0 Å². The van der Waals surface area contributed by atoms with Gasteiger partial charge in [0.05, 0.1) is 6.42 Å². The smallest absolute Gasteiger partial charge is 0.231 e. The number of para-hydroxylation sites is 1. The van der Waals surface area contributed by atoms with E-state index in [-0.39, 0.29) is 18.1 Å². The van der Waals surface area contributed by atoms with Crippen molar-refractivity contribution in [3.63, 3.8) is 0 Å². The number of benzene rings is 1. The molecule has 0 aliphatic rings. The lowest BCUT2D eigenvalue weighted by Gasteiger charge is -2.15. The molecule has 0 aliphatic carbocycles. The Labute approximate surface area is 95.9 Å². The number of ketones is 1. The molecule has 86 valence electrons. The standard InChI is InChI=1S/C13H17NO2/c1-13(2,3)11(15)9-12(16)14-10-7-5-4-6-8-10/h4-8H,9H2,1-3H3,(H,14,16). The van der Waals surface area contributed by atoms with E-state index in [1.54, 1.807) is 12.1 Å². The van der Waals surface area contributed by atoms with Crippen molar-refractivity contribution < 1.29 is 9.59 Å². The van der Waals surface area contributed by atoms with E-state index < -0.39 is 5.41 Å². The molecule has 1 amide bonds. The third-order valence-corrected chi connectivity index (χ3v) is 2.22. The Kier molecular flexibility index (Phi) is 3.82. The monoisotopic (exact) mass is 219 g/mol. The summed E-state index contributed by atoms with van der Waals surface area (Å²) in [4.78, 5) is 23.1. The molecule has 1 aromatic carbocycles. The second-order valence-corrected chi connectivity index (χ2v) is 4.76. The van der Waals surface area contributed by atoms with E-state index >= 15 is 0 Å². The third-order valence-electron chi connectivity index (χ3n) is 2.22. The number of amides is 1. The molecule has 0 atom stereocenters. The average Bonchev–Trinajstić information content (AvgIpc) is 2.17. The van der Waals surface area contributed by atoms with Crippen LogP contribution in [0.15, 0.2) is 30.3 Å². The number of carbonyl (C=O) groups excluding carboxylic acids is 2. The minimum Gasteiger partial charge on any atom is -0.326 e. The van der Waals surface area contributed by atoms with Crippen LogP contribution >= 0.6 is 0 Å². The summed E-state index contributed by atoms with van der Waals surface area (Å²) in [5.74, 6) is -0.313. The topological polar surface area (TPSA) is 46.2 Å². The fourth-order valence-electron chi connectivity index (χ4n) is 1.14. The lowest BCUT2D eigenvalue weighted by Crippen LogP contribution is -2.25. The Hall–Kier alpha value is -1.64. The first-order chi connectivity index (χ1) is 7.39. The molecule has 0 heterocycles. The summed E-state index contributed by atoms with van der Waals surface area (Å²) in [5.41, 5.74) is 0.253. The summed E-state index contributed by atoms with van der Waals surface area (Å²) >= 11 is 0. The number of Topliss-reactive ketones (excluding diaryl/α,β-unsaturated/α-hetero) is 1. The quantitative estimate of drug-likeness (QED) is 0.794. The first-order valence-corrected chi connectivity index (χ1v) is 5.28. The fraction of sp³-hybridized carbons (Fsp3) is 0.385. The highest BCUT2D eigenvalue weighted by Crippen LogP contribution is 2.17. The molecule has 3 heteroatoms. The summed E-state index contributed by atoms with van der Waals surface area (Å²) in [6.45, 7) is 5.43. The molecule has 0 saturated carbocycles. The fourth-order valence-corrected chi connectivity index (χ4v) is 1.14. The molecule has 0 radical (unpaired) electrons. The molecule has 0 bridgehead atoms. The molecule has 0 aliphatic heterocycles. The van der Waals surface area contributed by atoms with E-state index in [9.17, 15) is 9.59 Å². The van der Waals surface area contributed by atoms with Gasteiger partial charge < -0.3 is 5.32 Å². The van der Waals surface area contributed by atoms with Gasteiger partial charge in [0.15, 0.2) is 0 Å². The van der Waals surface area contributed by atoms with Crippen LogP contribution in [-0.4, -0.2) is 11.7 Å². The second kappa shape index (κ2) is 4.92. The zero-order chi connectivity index (χ0) is 12.2. The van der Waals surface area contributed by atoms with Gasteiger partial charge in [-0.1, -0.05) is 39.0 Å². The molecule has 0 saturated heterocycles. The van der Waals surface area contributed by atoms with Crippen molar-refractivity contribution in [2.24, 2.45) is 5.41 Å². The van der Waals surface area contributed by atoms with Gasteiger partial charge in [-0.3, -0.25) is 9.59 Å². The van der Waals surface area contributed by atoms with E-state index in [0.717, 1.165) is 0 Å². The molecule has 0 unspecified atom stereocenters. The largest absolute Gasteiger partial charge is 0.326 e. The van der Waals surface area contributed by atoms with Gasteiger partial charge in [-0.25, -0.2) is 0 Å². The van der Waals surface area contributed by atoms with Crippen molar-refractivity contribution in [2.75, 3.05) is 5.32 Å². The average molecular weight is 219 g/mol. The van der Waals surface area contributed by atoms with Crippen molar-refractivity contribution in [3.8, 4) is 0 Å². The van der Waals surface area contributed by atoms with Crippen LogP contribution in [-0.2, 0) is 9.59 Å². The Morgan fingerprint density at radius 2 is 1.69 bits per heavy atom.